The first-order valence-electron chi connectivity index (χ1n) is 5.77. The maximum absolute atomic E-state index is 9.15. The zero-order valence-electron chi connectivity index (χ0n) is 10.1. The molecule has 2 rings (SSSR count). The van der Waals surface area contributed by atoms with E-state index < -0.39 is 0 Å². The van der Waals surface area contributed by atoms with Gasteiger partial charge in [-0.3, -0.25) is 0 Å². The Hall–Kier alpha value is -1.17. The maximum Gasteiger partial charge on any atom is 0.225 e. The molecule has 0 aliphatic heterocycles. The molecule has 6 heteroatoms. The molecule has 0 bridgehead atoms. The predicted octanol–water partition coefficient (Wildman–Crippen LogP) is 2.89. The van der Waals surface area contributed by atoms with Crippen molar-refractivity contribution in [1.29, 1.82) is 0 Å². The van der Waals surface area contributed by atoms with Gasteiger partial charge in [-0.2, -0.15) is 0 Å². The summed E-state index contributed by atoms with van der Waals surface area (Å²) in [5.74, 6) is 0.581. The van der Waals surface area contributed by atoms with Crippen molar-refractivity contribution in [2.45, 2.75) is 6.54 Å². The first-order chi connectivity index (χ1) is 9.19. The first kappa shape index (κ1) is 14.2. The minimum absolute atomic E-state index is 0.0417. The fourth-order valence-electron chi connectivity index (χ4n) is 1.69. The molecular formula is C13H13BrClN3O. The van der Waals surface area contributed by atoms with Crippen LogP contribution in [0.1, 0.15) is 5.56 Å². The van der Waals surface area contributed by atoms with Crippen molar-refractivity contribution < 1.29 is 5.11 Å². The number of hydrogen-bond donors (Lipinski definition) is 1. The van der Waals surface area contributed by atoms with Crippen molar-refractivity contribution >= 4 is 33.5 Å². The van der Waals surface area contributed by atoms with Crippen molar-refractivity contribution in [1.82, 2.24) is 9.97 Å². The Labute approximate surface area is 125 Å². The standard InChI is InChI=1S/C13H13BrClN3O/c14-11-7-16-13(17-8-11)18(4-5-19)9-10-2-1-3-12(15)6-10/h1-3,6-8,19H,4-5,9H2. The van der Waals surface area contributed by atoms with Crippen LogP contribution >= 0.6 is 27.5 Å². The van der Waals surface area contributed by atoms with E-state index in [4.69, 9.17) is 16.7 Å². The smallest absolute Gasteiger partial charge is 0.225 e. The van der Waals surface area contributed by atoms with Crippen LogP contribution < -0.4 is 4.90 Å². The summed E-state index contributed by atoms with van der Waals surface area (Å²) in [5.41, 5.74) is 1.05. The lowest BCUT2D eigenvalue weighted by Crippen LogP contribution is -2.27. The van der Waals surface area contributed by atoms with Crippen molar-refractivity contribution in [2.24, 2.45) is 0 Å². The van der Waals surface area contributed by atoms with E-state index in [0.29, 0.717) is 24.1 Å². The van der Waals surface area contributed by atoms with Gasteiger partial charge in [-0.15, -0.1) is 0 Å². The third kappa shape index (κ3) is 4.16. The van der Waals surface area contributed by atoms with Crippen LogP contribution in [0.2, 0.25) is 5.02 Å². The van der Waals surface area contributed by atoms with Crippen LogP contribution in [0.25, 0.3) is 0 Å². The minimum Gasteiger partial charge on any atom is -0.395 e. The van der Waals surface area contributed by atoms with Crippen LogP contribution in [0, 0.1) is 0 Å². The number of aromatic nitrogens is 2. The van der Waals surface area contributed by atoms with E-state index in [0.717, 1.165) is 10.0 Å². The van der Waals surface area contributed by atoms with E-state index >= 15 is 0 Å². The average Bonchev–Trinajstić information content (AvgIpc) is 2.39. The molecule has 1 aromatic heterocycles. The molecule has 1 N–H and O–H groups in total. The second-order valence-electron chi connectivity index (χ2n) is 3.98. The number of halogens is 2. The normalized spacial score (nSPS) is 10.5. The molecule has 1 heterocycles. The zero-order chi connectivity index (χ0) is 13.7. The van der Waals surface area contributed by atoms with Crippen LogP contribution in [0.4, 0.5) is 5.95 Å². The highest BCUT2D eigenvalue weighted by molar-refractivity contribution is 9.10. The van der Waals surface area contributed by atoms with Crippen LogP contribution in [0.3, 0.4) is 0 Å². The quantitative estimate of drug-likeness (QED) is 0.908. The van der Waals surface area contributed by atoms with Gasteiger partial charge in [0.2, 0.25) is 5.95 Å². The molecule has 0 atom stereocenters. The van der Waals surface area contributed by atoms with Crippen LogP contribution in [-0.4, -0.2) is 28.2 Å². The summed E-state index contributed by atoms with van der Waals surface area (Å²) >= 11 is 9.27. The van der Waals surface area contributed by atoms with Crippen LogP contribution in [0.5, 0.6) is 0 Å². The Balaban J connectivity index is 2.18. The van der Waals surface area contributed by atoms with E-state index in [2.05, 4.69) is 25.9 Å². The molecule has 2 aromatic rings. The molecule has 0 unspecified atom stereocenters. The summed E-state index contributed by atoms with van der Waals surface area (Å²) < 4.78 is 0.822. The van der Waals surface area contributed by atoms with Gasteiger partial charge in [0, 0.05) is 30.5 Å². The Morgan fingerprint density at radius 2 is 2.00 bits per heavy atom. The van der Waals surface area contributed by atoms with Gasteiger partial charge in [-0.05, 0) is 33.6 Å². The maximum atomic E-state index is 9.15. The van der Waals surface area contributed by atoms with E-state index in [1.54, 1.807) is 12.4 Å². The molecule has 0 saturated heterocycles. The molecule has 0 aliphatic carbocycles. The van der Waals surface area contributed by atoms with Crippen LogP contribution in [0.15, 0.2) is 41.1 Å². The van der Waals surface area contributed by atoms with Gasteiger partial charge in [0.25, 0.3) is 0 Å². The first-order valence-corrected chi connectivity index (χ1v) is 6.94. The summed E-state index contributed by atoms with van der Waals surface area (Å²) in [5, 5.41) is 9.85. The molecule has 1 aromatic carbocycles. The van der Waals surface area contributed by atoms with Crippen molar-refractivity contribution in [3.05, 3.63) is 51.7 Å². The Morgan fingerprint density at radius 3 is 2.63 bits per heavy atom. The number of hydrogen-bond acceptors (Lipinski definition) is 4. The number of benzene rings is 1. The molecule has 0 radical (unpaired) electrons. The number of aliphatic hydroxyl groups excluding tert-OH is 1. The second kappa shape index (κ2) is 6.84. The number of anilines is 1. The molecule has 0 spiro atoms. The molecule has 19 heavy (non-hydrogen) atoms. The summed E-state index contributed by atoms with van der Waals surface area (Å²) in [4.78, 5) is 10.4. The van der Waals surface area contributed by atoms with Crippen molar-refractivity contribution in [2.75, 3.05) is 18.1 Å². The average molecular weight is 343 g/mol. The lowest BCUT2D eigenvalue weighted by molar-refractivity contribution is 0.300. The summed E-state index contributed by atoms with van der Waals surface area (Å²) in [7, 11) is 0. The highest BCUT2D eigenvalue weighted by Crippen LogP contribution is 2.16. The molecule has 0 amide bonds. The van der Waals surface area contributed by atoms with E-state index in [9.17, 15) is 0 Å². The fraction of sp³-hybridized carbons (Fsp3) is 0.231. The van der Waals surface area contributed by atoms with Crippen molar-refractivity contribution in [3.63, 3.8) is 0 Å². The predicted molar refractivity (Wildman–Crippen MR) is 79.3 cm³/mol. The number of aliphatic hydroxyl groups is 1. The highest BCUT2D eigenvalue weighted by atomic mass is 79.9. The molecule has 4 nitrogen and oxygen atoms in total. The van der Waals surface area contributed by atoms with Gasteiger partial charge in [-0.1, -0.05) is 23.7 Å². The van der Waals surface area contributed by atoms with E-state index in [1.807, 2.05) is 29.2 Å². The third-order valence-electron chi connectivity index (χ3n) is 2.52. The van der Waals surface area contributed by atoms with Gasteiger partial charge < -0.3 is 10.0 Å². The lowest BCUT2D eigenvalue weighted by atomic mass is 10.2. The topological polar surface area (TPSA) is 49.2 Å². The van der Waals surface area contributed by atoms with Gasteiger partial charge in [-0.25, -0.2) is 9.97 Å². The molecular weight excluding hydrogens is 330 g/mol. The van der Waals surface area contributed by atoms with Crippen LogP contribution in [-0.2, 0) is 6.54 Å². The van der Waals surface area contributed by atoms with Gasteiger partial charge in [0.1, 0.15) is 0 Å². The monoisotopic (exact) mass is 341 g/mol. The number of nitrogens with zero attached hydrogens (tertiary/aromatic N) is 3. The molecule has 100 valence electrons. The number of rotatable bonds is 5. The van der Waals surface area contributed by atoms with Gasteiger partial charge >= 0.3 is 0 Å². The third-order valence-corrected chi connectivity index (χ3v) is 3.17. The fourth-order valence-corrected chi connectivity index (χ4v) is 2.11. The SMILES string of the molecule is OCCN(Cc1cccc(Cl)c1)c1ncc(Br)cn1. The molecule has 0 saturated carbocycles. The van der Waals surface area contributed by atoms with E-state index in [1.165, 1.54) is 0 Å². The highest BCUT2D eigenvalue weighted by Gasteiger charge is 2.10. The van der Waals surface area contributed by atoms with E-state index in [-0.39, 0.29) is 6.61 Å². The minimum atomic E-state index is 0.0417. The molecule has 0 aliphatic rings. The summed E-state index contributed by atoms with van der Waals surface area (Å²) in [6.07, 6.45) is 3.37. The Kier molecular flexibility index (Phi) is 5.13. The Bertz CT molecular complexity index is 536. The Morgan fingerprint density at radius 1 is 1.26 bits per heavy atom. The van der Waals surface area contributed by atoms with Gasteiger partial charge in [0.05, 0.1) is 11.1 Å². The second-order valence-corrected chi connectivity index (χ2v) is 5.33. The summed E-state index contributed by atoms with van der Waals surface area (Å²) in [6.45, 7) is 1.11. The van der Waals surface area contributed by atoms with Crippen molar-refractivity contribution in [3.8, 4) is 0 Å². The largest absolute Gasteiger partial charge is 0.395 e. The zero-order valence-corrected chi connectivity index (χ0v) is 12.5. The van der Waals surface area contributed by atoms with Gasteiger partial charge in [0.15, 0.2) is 0 Å². The lowest BCUT2D eigenvalue weighted by Gasteiger charge is -2.21. The summed E-state index contributed by atoms with van der Waals surface area (Å²) in [6, 6.07) is 7.61. The molecule has 0 fully saturated rings.